The van der Waals surface area contributed by atoms with Crippen molar-refractivity contribution in [1.29, 1.82) is 0 Å². The van der Waals surface area contributed by atoms with E-state index in [0.717, 1.165) is 36.6 Å². The molecule has 14 heavy (non-hydrogen) atoms. The lowest BCUT2D eigenvalue weighted by atomic mass is 10.2. The van der Waals surface area contributed by atoms with Crippen LogP contribution in [0.5, 0.6) is 0 Å². The summed E-state index contributed by atoms with van der Waals surface area (Å²) in [5, 5.41) is 6.57. The van der Waals surface area contributed by atoms with E-state index in [1.54, 1.807) is 0 Å². The minimum absolute atomic E-state index is 0.787. The van der Waals surface area contributed by atoms with Crippen LogP contribution >= 0.6 is 0 Å². The number of anilines is 1. The fraction of sp³-hybridized carbons (Fsp3) is 0.273. The van der Waals surface area contributed by atoms with E-state index in [2.05, 4.69) is 10.6 Å². The van der Waals surface area contributed by atoms with Crippen molar-refractivity contribution in [1.82, 2.24) is 5.32 Å². The van der Waals surface area contributed by atoms with Gasteiger partial charge in [-0.05, 0) is 12.1 Å². The minimum atomic E-state index is 0.787. The molecule has 0 saturated heterocycles. The van der Waals surface area contributed by atoms with Crippen LogP contribution < -0.4 is 16.4 Å². The number of hydrogen-bond acceptors (Lipinski definition) is 3. The summed E-state index contributed by atoms with van der Waals surface area (Å²) >= 11 is 0. The predicted molar refractivity (Wildman–Crippen MR) is 58.8 cm³/mol. The zero-order chi connectivity index (χ0) is 9.80. The molecule has 0 saturated carbocycles. The monoisotopic (exact) mass is 189 g/mol. The molecule has 1 aliphatic rings. The Hall–Kier alpha value is -1.48. The maximum atomic E-state index is 5.88. The number of benzene rings is 1. The van der Waals surface area contributed by atoms with Crippen molar-refractivity contribution < 1.29 is 0 Å². The summed E-state index contributed by atoms with van der Waals surface area (Å²) in [6.45, 7) is 1.78. The summed E-state index contributed by atoms with van der Waals surface area (Å²) in [5.74, 6) is 0. The standard InChI is InChI=1S/C11H15N3/c12-10-8-13-7-6-11(10)14-9-4-2-1-3-5-9/h1-5,13-14H,6-8,12H2. The summed E-state index contributed by atoms with van der Waals surface area (Å²) in [6, 6.07) is 10.1. The third kappa shape index (κ3) is 2.06. The van der Waals surface area contributed by atoms with Crippen molar-refractivity contribution in [2.75, 3.05) is 18.4 Å². The Bertz CT molecular complexity index is 330. The van der Waals surface area contributed by atoms with E-state index >= 15 is 0 Å². The molecule has 0 atom stereocenters. The third-order valence-electron chi connectivity index (χ3n) is 2.32. The van der Waals surface area contributed by atoms with Gasteiger partial charge in [0.15, 0.2) is 0 Å². The molecule has 3 nitrogen and oxygen atoms in total. The van der Waals surface area contributed by atoms with Gasteiger partial charge < -0.3 is 16.4 Å². The maximum absolute atomic E-state index is 5.88. The highest BCUT2D eigenvalue weighted by Crippen LogP contribution is 2.14. The number of nitrogens with one attached hydrogen (secondary N) is 2. The van der Waals surface area contributed by atoms with Crippen molar-refractivity contribution in [3.63, 3.8) is 0 Å². The van der Waals surface area contributed by atoms with Crippen LogP contribution in [0.4, 0.5) is 5.69 Å². The van der Waals surface area contributed by atoms with E-state index in [9.17, 15) is 0 Å². The molecule has 0 bridgehead atoms. The zero-order valence-electron chi connectivity index (χ0n) is 8.09. The Morgan fingerprint density at radius 3 is 2.71 bits per heavy atom. The summed E-state index contributed by atoms with van der Waals surface area (Å²) in [6.07, 6.45) is 0.973. The molecule has 0 amide bonds. The lowest BCUT2D eigenvalue weighted by Gasteiger charge is -2.19. The van der Waals surface area contributed by atoms with Crippen LogP contribution in [0.3, 0.4) is 0 Å². The fourth-order valence-electron chi connectivity index (χ4n) is 1.54. The van der Waals surface area contributed by atoms with Gasteiger partial charge in [-0.25, -0.2) is 0 Å². The van der Waals surface area contributed by atoms with E-state index in [-0.39, 0.29) is 0 Å². The Morgan fingerprint density at radius 2 is 2.00 bits per heavy atom. The quantitative estimate of drug-likeness (QED) is 0.656. The van der Waals surface area contributed by atoms with Gasteiger partial charge in [-0.15, -0.1) is 0 Å². The molecule has 1 aromatic rings. The number of hydrogen-bond donors (Lipinski definition) is 3. The first-order valence-corrected chi connectivity index (χ1v) is 4.86. The maximum Gasteiger partial charge on any atom is 0.0418 e. The van der Waals surface area contributed by atoms with Crippen LogP contribution in [0.25, 0.3) is 0 Å². The number of para-hydroxylation sites is 1. The molecular formula is C11H15N3. The molecule has 4 N–H and O–H groups in total. The molecule has 1 aromatic carbocycles. The molecule has 0 aromatic heterocycles. The van der Waals surface area contributed by atoms with Crippen molar-refractivity contribution in [3.8, 4) is 0 Å². The number of rotatable bonds is 2. The van der Waals surface area contributed by atoms with Gasteiger partial charge in [-0.3, -0.25) is 0 Å². The average molecular weight is 189 g/mol. The first kappa shape index (κ1) is 9.09. The zero-order valence-corrected chi connectivity index (χ0v) is 8.09. The van der Waals surface area contributed by atoms with Crippen molar-refractivity contribution in [2.45, 2.75) is 6.42 Å². The predicted octanol–water partition coefficient (Wildman–Crippen LogP) is 1.26. The van der Waals surface area contributed by atoms with Crippen LogP contribution in [0.2, 0.25) is 0 Å². The lowest BCUT2D eigenvalue weighted by Crippen LogP contribution is -2.31. The van der Waals surface area contributed by atoms with E-state index in [1.807, 2.05) is 30.3 Å². The summed E-state index contributed by atoms with van der Waals surface area (Å²) < 4.78 is 0. The van der Waals surface area contributed by atoms with Crippen LogP contribution in [0.1, 0.15) is 6.42 Å². The molecule has 1 aliphatic heterocycles. The Kier molecular flexibility index (Phi) is 2.70. The highest BCUT2D eigenvalue weighted by molar-refractivity contribution is 5.49. The average Bonchev–Trinajstić information content (AvgIpc) is 2.23. The first-order chi connectivity index (χ1) is 6.86. The summed E-state index contributed by atoms with van der Waals surface area (Å²) in [4.78, 5) is 0. The SMILES string of the molecule is NC1=C(Nc2ccccc2)CCNC1. The van der Waals surface area contributed by atoms with E-state index in [4.69, 9.17) is 5.73 Å². The summed E-state index contributed by atoms with van der Waals surface area (Å²) in [5.41, 5.74) is 9.05. The van der Waals surface area contributed by atoms with Gasteiger partial charge in [-0.1, -0.05) is 18.2 Å². The van der Waals surface area contributed by atoms with Gasteiger partial charge in [0.1, 0.15) is 0 Å². The fourth-order valence-corrected chi connectivity index (χ4v) is 1.54. The molecule has 1 heterocycles. The second-order valence-electron chi connectivity index (χ2n) is 3.42. The first-order valence-electron chi connectivity index (χ1n) is 4.86. The Morgan fingerprint density at radius 1 is 1.21 bits per heavy atom. The van der Waals surface area contributed by atoms with Crippen LogP contribution in [-0.4, -0.2) is 13.1 Å². The molecule has 0 radical (unpaired) electrons. The van der Waals surface area contributed by atoms with E-state index in [1.165, 1.54) is 0 Å². The van der Waals surface area contributed by atoms with Gasteiger partial charge in [0.05, 0.1) is 0 Å². The highest BCUT2D eigenvalue weighted by Gasteiger charge is 2.08. The van der Waals surface area contributed by atoms with Gasteiger partial charge >= 0.3 is 0 Å². The molecule has 0 fully saturated rings. The third-order valence-corrected chi connectivity index (χ3v) is 2.32. The second kappa shape index (κ2) is 4.15. The highest BCUT2D eigenvalue weighted by atomic mass is 15.0. The van der Waals surface area contributed by atoms with E-state index < -0.39 is 0 Å². The Labute approximate surface area is 84.0 Å². The van der Waals surface area contributed by atoms with Crippen LogP contribution in [-0.2, 0) is 0 Å². The molecule has 0 aliphatic carbocycles. The second-order valence-corrected chi connectivity index (χ2v) is 3.42. The van der Waals surface area contributed by atoms with Gasteiger partial charge in [-0.2, -0.15) is 0 Å². The van der Waals surface area contributed by atoms with Gasteiger partial charge in [0.25, 0.3) is 0 Å². The topological polar surface area (TPSA) is 50.1 Å². The summed E-state index contributed by atoms with van der Waals surface area (Å²) in [7, 11) is 0. The Balaban J connectivity index is 2.10. The molecule has 3 heteroatoms. The molecule has 2 rings (SSSR count). The molecule has 0 spiro atoms. The molecular weight excluding hydrogens is 174 g/mol. The van der Waals surface area contributed by atoms with Gasteiger partial charge in [0, 0.05) is 36.6 Å². The van der Waals surface area contributed by atoms with E-state index in [0.29, 0.717) is 0 Å². The normalized spacial score (nSPS) is 16.9. The van der Waals surface area contributed by atoms with Crippen LogP contribution in [0.15, 0.2) is 41.7 Å². The van der Waals surface area contributed by atoms with Crippen molar-refractivity contribution >= 4 is 5.69 Å². The van der Waals surface area contributed by atoms with Crippen molar-refractivity contribution in [2.24, 2.45) is 5.73 Å². The van der Waals surface area contributed by atoms with Crippen LogP contribution in [0, 0.1) is 0 Å². The van der Waals surface area contributed by atoms with Gasteiger partial charge in [0.2, 0.25) is 0 Å². The number of nitrogens with two attached hydrogens (primary N) is 1. The minimum Gasteiger partial charge on any atom is -0.400 e. The lowest BCUT2D eigenvalue weighted by molar-refractivity contribution is 0.674. The smallest absolute Gasteiger partial charge is 0.0418 e. The van der Waals surface area contributed by atoms with Crippen molar-refractivity contribution in [3.05, 3.63) is 41.7 Å². The molecule has 0 unspecified atom stereocenters. The molecule has 74 valence electrons. The largest absolute Gasteiger partial charge is 0.400 e.